The van der Waals surface area contributed by atoms with E-state index >= 15 is 0 Å². The van der Waals surface area contributed by atoms with E-state index in [0.717, 1.165) is 5.56 Å². The molecule has 0 radical (unpaired) electrons. The maximum absolute atomic E-state index is 11.9. The van der Waals surface area contributed by atoms with Gasteiger partial charge in [0.15, 0.2) is 12.4 Å². The number of carbonyl (C=O) groups excluding carboxylic acids is 3. The van der Waals surface area contributed by atoms with E-state index in [0.29, 0.717) is 5.56 Å². The van der Waals surface area contributed by atoms with Gasteiger partial charge in [-0.1, -0.05) is 60.7 Å². The Labute approximate surface area is 164 Å². The van der Waals surface area contributed by atoms with Gasteiger partial charge in [0, 0.05) is 12.0 Å². The van der Waals surface area contributed by atoms with Crippen molar-refractivity contribution in [2.75, 3.05) is 6.61 Å². The van der Waals surface area contributed by atoms with Crippen LogP contribution in [0.15, 0.2) is 60.7 Å². The number of ketones is 1. The van der Waals surface area contributed by atoms with Crippen LogP contribution >= 0.6 is 12.4 Å². The highest BCUT2D eigenvalue weighted by molar-refractivity contribution is 5.98. The normalized spacial score (nSPS) is 11.0. The van der Waals surface area contributed by atoms with Crippen molar-refractivity contribution in [3.63, 3.8) is 0 Å². The summed E-state index contributed by atoms with van der Waals surface area (Å²) in [6, 6.07) is 16.8. The van der Waals surface area contributed by atoms with Crippen LogP contribution in [0.1, 0.15) is 28.8 Å². The largest absolute Gasteiger partial charge is 0.461 e. The molecule has 0 aliphatic carbocycles. The van der Waals surface area contributed by atoms with E-state index in [1.807, 2.05) is 30.3 Å². The fourth-order valence-electron chi connectivity index (χ4n) is 2.15. The summed E-state index contributed by atoms with van der Waals surface area (Å²) in [5.74, 6) is -1.48. The molecular weight excluding hydrogens is 370 g/mol. The van der Waals surface area contributed by atoms with Gasteiger partial charge < -0.3 is 15.2 Å². The van der Waals surface area contributed by atoms with E-state index in [-0.39, 0.29) is 44.2 Å². The molecule has 0 spiro atoms. The first kappa shape index (κ1) is 22.3. The second-order valence-corrected chi connectivity index (χ2v) is 5.69. The molecule has 0 saturated carbocycles. The smallest absolute Gasteiger partial charge is 0.323 e. The Morgan fingerprint density at radius 1 is 0.889 bits per heavy atom. The van der Waals surface area contributed by atoms with Crippen LogP contribution in [-0.4, -0.2) is 30.4 Å². The third-order valence-corrected chi connectivity index (χ3v) is 3.65. The molecule has 2 aromatic carbocycles. The van der Waals surface area contributed by atoms with Crippen LogP contribution in [0.5, 0.6) is 0 Å². The van der Waals surface area contributed by atoms with E-state index in [2.05, 4.69) is 0 Å². The number of hydrogen-bond acceptors (Lipinski definition) is 6. The predicted molar refractivity (Wildman–Crippen MR) is 102 cm³/mol. The van der Waals surface area contributed by atoms with Gasteiger partial charge in [-0.2, -0.15) is 0 Å². The average molecular weight is 392 g/mol. The van der Waals surface area contributed by atoms with E-state index < -0.39 is 18.0 Å². The number of hydrogen-bond donors (Lipinski definition) is 1. The van der Waals surface area contributed by atoms with Gasteiger partial charge in [-0.3, -0.25) is 14.4 Å². The van der Waals surface area contributed by atoms with Crippen LogP contribution < -0.4 is 5.73 Å². The lowest BCUT2D eigenvalue weighted by Crippen LogP contribution is -2.34. The van der Waals surface area contributed by atoms with Crippen molar-refractivity contribution in [1.82, 2.24) is 0 Å². The Kier molecular flexibility index (Phi) is 9.79. The maximum Gasteiger partial charge on any atom is 0.323 e. The van der Waals surface area contributed by atoms with E-state index in [1.165, 1.54) is 0 Å². The molecule has 0 bridgehead atoms. The average Bonchev–Trinajstić information content (AvgIpc) is 2.69. The number of carbonyl (C=O) groups is 3. The minimum absolute atomic E-state index is 0. The number of rotatable bonds is 9. The standard InChI is InChI=1S/C20H21NO5.ClH/c21-17(11-12-19(23)25-13-15-7-3-1-4-8-15)20(24)26-14-18(22)16-9-5-2-6-10-16;/h1-10,17H,11-14,21H2;1H/t17-;/m1./s1. The minimum Gasteiger partial charge on any atom is -0.461 e. The van der Waals surface area contributed by atoms with Gasteiger partial charge in [-0.15, -0.1) is 12.4 Å². The Balaban J connectivity index is 0.00000364. The highest BCUT2D eigenvalue weighted by atomic mass is 35.5. The van der Waals surface area contributed by atoms with Gasteiger partial charge in [0.05, 0.1) is 0 Å². The zero-order valence-electron chi connectivity index (χ0n) is 14.7. The first-order valence-electron chi connectivity index (χ1n) is 8.26. The monoisotopic (exact) mass is 391 g/mol. The number of nitrogens with two attached hydrogens (primary N) is 1. The van der Waals surface area contributed by atoms with Gasteiger partial charge in [0.1, 0.15) is 12.6 Å². The van der Waals surface area contributed by atoms with Crippen molar-refractivity contribution in [2.45, 2.75) is 25.5 Å². The van der Waals surface area contributed by atoms with Gasteiger partial charge in [0.2, 0.25) is 0 Å². The summed E-state index contributed by atoms with van der Waals surface area (Å²) in [7, 11) is 0. The topological polar surface area (TPSA) is 95.7 Å². The Morgan fingerprint density at radius 2 is 1.48 bits per heavy atom. The summed E-state index contributed by atoms with van der Waals surface area (Å²) < 4.78 is 10.0. The molecule has 2 rings (SSSR count). The van der Waals surface area contributed by atoms with Crippen LogP contribution in [0, 0.1) is 0 Å². The quantitative estimate of drug-likeness (QED) is 0.521. The highest BCUT2D eigenvalue weighted by Crippen LogP contribution is 2.05. The molecule has 7 heteroatoms. The van der Waals surface area contributed by atoms with Crippen LogP contribution in [0.4, 0.5) is 0 Å². The van der Waals surface area contributed by atoms with Crippen molar-refractivity contribution in [1.29, 1.82) is 0 Å². The van der Waals surface area contributed by atoms with Crippen molar-refractivity contribution in [3.05, 3.63) is 71.8 Å². The molecular formula is C20H22ClNO5. The van der Waals surface area contributed by atoms with Crippen LogP contribution in [-0.2, 0) is 25.7 Å². The number of benzene rings is 2. The molecule has 144 valence electrons. The Hall–Kier alpha value is -2.70. The summed E-state index contributed by atoms with van der Waals surface area (Å²) >= 11 is 0. The molecule has 0 aromatic heterocycles. The molecule has 2 aromatic rings. The molecule has 27 heavy (non-hydrogen) atoms. The zero-order chi connectivity index (χ0) is 18.8. The summed E-state index contributed by atoms with van der Waals surface area (Å²) in [6.07, 6.45) is 0.0850. The number of halogens is 1. The van der Waals surface area contributed by atoms with Crippen molar-refractivity contribution in [3.8, 4) is 0 Å². The third kappa shape index (κ3) is 8.02. The molecule has 1 atom stereocenters. The number of esters is 2. The zero-order valence-corrected chi connectivity index (χ0v) is 15.5. The Bertz CT molecular complexity index is 737. The molecule has 0 amide bonds. The fraction of sp³-hybridized carbons (Fsp3) is 0.250. The lowest BCUT2D eigenvalue weighted by molar-refractivity contribution is -0.146. The lowest BCUT2D eigenvalue weighted by atomic mass is 10.1. The SMILES string of the molecule is Cl.N[C@H](CCC(=O)OCc1ccccc1)C(=O)OCC(=O)c1ccccc1. The molecule has 0 heterocycles. The van der Waals surface area contributed by atoms with Gasteiger partial charge >= 0.3 is 11.9 Å². The van der Waals surface area contributed by atoms with Crippen molar-refractivity contribution >= 4 is 30.1 Å². The van der Waals surface area contributed by atoms with Gasteiger partial charge in [0.25, 0.3) is 0 Å². The second-order valence-electron chi connectivity index (χ2n) is 5.69. The summed E-state index contributed by atoms with van der Waals surface area (Å²) in [6.45, 7) is -0.208. The maximum atomic E-state index is 11.9. The lowest BCUT2D eigenvalue weighted by Gasteiger charge is -2.11. The van der Waals surface area contributed by atoms with Gasteiger partial charge in [-0.25, -0.2) is 0 Å². The fourth-order valence-corrected chi connectivity index (χ4v) is 2.15. The molecule has 0 aliphatic rings. The van der Waals surface area contributed by atoms with Crippen molar-refractivity contribution in [2.24, 2.45) is 5.73 Å². The molecule has 6 nitrogen and oxygen atoms in total. The van der Waals surface area contributed by atoms with Crippen LogP contribution in [0.3, 0.4) is 0 Å². The molecule has 0 saturated heterocycles. The minimum atomic E-state index is -0.983. The summed E-state index contributed by atoms with van der Waals surface area (Å²) in [5, 5.41) is 0. The second kappa shape index (κ2) is 11.8. The van der Waals surface area contributed by atoms with Gasteiger partial charge in [-0.05, 0) is 12.0 Å². The third-order valence-electron chi connectivity index (χ3n) is 3.65. The number of ether oxygens (including phenoxy) is 2. The number of Topliss-reactive ketones (excluding diaryl/α,β-unsaturated/α-hetero) is 1. The first-order valence-corrected chi connectivity index (χ1v) is 8.26. The van der Waals surface area contributed by atoms with Crippen LogP contribution in [0.2, 0.25) is 0 Å². The molecule has 0 unspecified atom stereocenters. The van der Waals surface area contributed by atoms with E-state index in [1.54, 1.807) is 30.3 Å². The van der Waals surface area contributed by atoms with E-state index in [4.69, 9.17) is 15.2 Å². The Morgan fingerprint density at radius 3 is 2.11 bits per heavy atom. The van der Waals surface area contributed by atoms with Crippen molar-refractivity contribution < 1.29 is 23.9 Å². The summed E-state index contributed by atoms with van der Waals surface area (Å²) in [4.78, 5) is 35.4. The molecule has 0 fully saturated rings. The van der Waals surface area contributed by atoms with E-state index in [9.17, 15) is 14.4 Å². The summed E-state index contributed by atoms with van der Waals surface area (Å²) in [5.41, 5.74) is 7.04. The first-order chi connectivity index (χ1) is 12.6. The molecule has 0 aliphatic heterocycles. The predicted octanol–water partition coefficient (Wildman–Crippen LogP) is 2.69. The van der Waals surface area contributed by atoms with Crippen LogP contribution in [0.25, 0.3) is 0 Å². The highest BCUT2D eigenvalue weighted by Gasteiger charge is 2.18. The molecule has 2 N–H and O–H groups in total.